The van der Waals surface area contributed by atoms with Crippen LogP contribution in [0.5, 0.6) is 0 Å². The molecule has 1 fully saturated rings. The van der Waals surface area contributed by atoms with Gasteiger partial charge in [0.2, 0.25) is 5.91 Å². The summed E-state index contributed by atoms with van der Waals surface area (Å²) in [6.45, 7) is 3.32. The molecule has 0 unspecified atom stereocenters. The Kier molecular flexibility index (Phi) is 3.99. The zero-order chi connectivity index (χ0) is 12.3. The predicted molar refractivity (Wildman–Crippen MR) is 70.9 cm³/mol. The van der Waals surface area contributed by atoms with E-state index in [4.69, 9.17) is 0 Å². The average molecular weight is 298 g/mol. The minimum atomic E-state index is 0.183. The monoisotopic (exact) mass is 297 g/mol. The van der Waals surface area contributed by atoms with Crippen LogP contribution < -0.4 is 10.6 Å². The molecule has 0 saturated heterocycles. The molecule has 2 N–H and O–H groups in total. The van der Waals surface area contributed by atoms with Gasteiger partial charge < -0.3 is 10.6 Å². The molecular weight excluding hydrogens is 282 g/mol. The summed E-state index contributed by atoms with van der Waals surface area (Å²) in [4.78, 5) is 15.6. The van der Waals surface area contributed by atoms with Crippen molar-refractivity contribution in [2.24, 2.45) is 5.92 Å². The van der Waals surface area contributed by atoms with Gasteiger partial charge in [0.05, 0.1) is 4.47 Å². The normalized spacial score (nSPS) is 14.5. The fourth-order valence-corrected chi connectivity index (χ4v) is 2.12. The quantitative estimate of drug-likeness (QED) is 0.818. The molecule has 1 aliphatic carbocycles. The number of halogens is 1. The second kappa shape index (κ2) is 5.49. The van der Waals surface area contributed by atoms with Crippen LogP contribution in [-0.4, -0.2) is 24.0 Å². The molecule has 17 heavy (non-hydrogen) atoms. The van der Waals surface area contributed by atoms with Crippen LogP contribution in [0.1, 0.15) is 18.4 Å². The molecule has 4 nitrogen and oxygen atoms in total. The van der Waals surface area contributed by atoms with Crippen molar-refractivity contribution in [2.75, 3.05) is 18.4 Å². The summed E-state index contributed by atoms with van der Waals surface area (Å²) in [5.41, 5.74) is 1.12. The first-order valence-electron chi connectivity index (χ1n) is 5.80. The van der Waals surface area contributed by atoms with Crippen molar-refractivity contribution < 1.29 is 4.79 Å². The Morgan fingerprint density at radius 1 is 1.53 bits per heavy atom. The Balaban J connectivity index is 1.72. The highest BCUT2D eigenvalue weighted by Gasteiger charge is 2.28. The molecule has 1 amide bonds. The van der Waals surface area contributed by atoms with Crippen molar-refractivity contribution in [3.63, 3.8) is 0 Å². The fraction of sp³-hybridized carbons (Fsp3) is 0.500. The van der Waals surface area contributed by atoms with Crippen LogP contribution in [0.4, 0.5) is 5.82 Å². The van der Waals surface area contributed by atoms with Crippen LogP contribution in [0, 0.1) is 12.8 Å². The number of aryl methyl sites for hydroxylation is 1. The summed E-state index contributed by atoms with van der Waals surface area (Å²) in [5, 5.41) is 6.08. The zero-order valence-corrected chi connectivity index (χ0v) is 11.4. The van der Waals surface area contributed by atoms with Gasteiger partial charge in [-0.3, -0.25) is 4.79 Å². The number of pyridine rings is 1. The third-order valence-corrected chi connectivity index (χ3v) is 3.25. The SMILES string of the molecule is Cc1cnc(NCCNC(=O)C2CC2)c(Br)c1. The lowest BCUT2D eigenvalue weighted by molar-refractivity contribution is -0.122. The number of hydrogen-bond donors (Lipinski definition) is 2. The lowest BCUT2D eigenvalue weighted by atomic mass is 10.3. The smallest absolute Gasteiger partial charge is 0.223 e. The molecule has 0 radical (unpaired) electrons. The minimum Gasteiger partial charge on any atom is -0.367 e. The average Bonchev–Trinajstić information content (AvgIpc) is 3.10. The zero-order valence-electron chi connectivity index (χ0n) is 9.79. The van der Waals surface area contributed by atoms with Gasteiger partial charge in [-0.25, -0.2) is 4.98 Å². The van der Waals surface area contributed by atoms with E-state index in [2.05, 4.69) is 31.5 Å². The minimum absolute atomic E-state index is 0.183. The maximum absolute atomic E-state index is 11.4. The lowest BCUT2D eigenvalue weighted by Gasteiger charge is -2.08. The summed E-state index contributed by atoms with van der Waals surface area (Å²) in [6, 6.07) is 2.01. The van der Waals surface area contributed by atoms with Crippen LogP contribution in [0.15, 0.2) is 16.7 Å². The molecule has 0 aromatic carbocycles. The van der Waals surface area contributed by atoms with Crippen molar-refractivity contribution in [1.82, 2.24) is 10.3 Å². The Morgan fingerprint density at radius 2 is 2.29 bits per heavy atom. The van der Waals surface area contributed by atoms with E-state index in [1.165, 1.54) is 0 Å². The summed E-state index contributed by atoms with van der Waals surface area (Å²) in [5.74, 6) is 1.28. The van der Waals surface area contributed by atoms with E-state index in [0.29, 0.717) is 13.1 Å². The van der Waals surface area contributed by atoms with Gasteiger partial charge in [-0.1, -0.05) is 0 Å². The summed E-state index contributed by atoms with van der Waals surface area (Å²) < 4.78 is 0.950. The number of anilines is 1. The van der Waals surface area contributed by atoms with Crippen LogP contribution >= 0.6 is 15.9 Å². The van der Waals surface area contributed by atoms with E-state index in [9.17, 15) is 4.79 Å². The highest BCUT2D eigenvalue weighted by molar-refractivity contribution is 9.10. The third kappa shape index (κ3) is 3.70. The molecule has 1 saturated carbocycles. The topological polar surface area (TPSA) is 54.0 Å². The highest BCUT2D eigenvalue weighted by Crippen LogP contribution is 2.28. The molecular formula is C12H16BrN3O. The number of rotatable bonds is 5. The second-order valence-electron chi connectivity index (χ2n) is 4.34. The predicted octanol–water partition coefficient (Wildman–Crippen LogP) is 2.09. The van der Waals surface area contributed by atoms with E-state index in [1.54, 1.807) is 0 Å². The Bertz CT molecular complexity index is 418. The van der Waals surface area contributed by atoms with Gasteiger partial charge in [-0.2, -0.15) is 0 Å². The summed E-state index contributed by atoms with van der Waals surface area (Å²) in [7, 11) is 0. The number of aromatic nitrogens is 1. The maximum Gasteiger partial charge on any atom is 0.223 e. The van der Waals surface area contributed by atoms with Gasteiger partial charge in [-0.15, -0.1) is 0 Å². The summed E-state index contributed by atoms with van der Waals surface area (Å²) >= 11 is 3.45. The molecule has 1 aliphatic rings. The van der Waals surface area contributed by atoms with Gasteiger partial charge in [0.1, 0.15) is 5.82 Å². The standard InChI is InChI=1S/C12H16BrN3O/c1-8-6-10(13)11(16-7-8)14-4-5-15-12(17)9-2-3-9/h6-7,9H,2-5H2,1H3,(H,14,16)(H,15,17). The van der Waals surface area contributed by atoms with Gasteiger partial charge in [-0.05, 0) is 47.3 Å². The molecule has 5 heteroatoms. The Morgan fingerprint density at radius 3 is 2.94 bits per heavy atom. The first-order valence-corrected chi connectivity index (χ1v) is 6.60. The van der Waals surface area contributed by atoms with Crippen molar-refractivity contribution >= 4 is 27.7 Å². The Labute approximate surface area is 109 Å². The first-order chi connectivity index (χ1) is 8.16. The van der Waals surface area contributed by atoms with Gasteiger partial charge in [0.25, 0.3) is 0 Å². The van der Waals surface area contributed by atoms with Crippen molar-refractivity contribution in [3.8, 4) is 0 Å². The molecule has 0 bridgehead atoms. The Hall–Kier alpha value is -1.10. The van der Waals surface area contributed by atoms with Crippen LogP contribution in [0.25, 0.3) is 0 Å². The van der Waals surface area contributed by atoms with Crippen molar-refractivity contribution in [3.05, 3.63) is 22.3 Å². The van der Waals surface area contributed by atoms with Crippen LogP contribution in [0.3, 0.4) is 0 Å². The van der Waals surface area contributed by atoms with Gasteiger partial charge in [0, 0.05) is 25.2 Å². The van der Waals surface area contributed by atoms with E-state index in [1.807, 2.05) is 19.2 Å². The summed E-state index contributed by atoms with van der Waals surface area (Å²) in [6.07, 6.45) is 3.91. The van der Waals surface area contributed by atoms with Crippen molar-refractivity contribution in [2.45, 2.75) is 19.8 Å². The molecule has 1 heterocycles. The first kappa shape index (κ1) is 12.4. The number of carbonyl (C=O) groups excluding carboxylic acids is 1. The lowest BCUT2D eigenvalue weighted by Crippen LogP contribution is -2.30. The number of hydrogen-bond acceptors (Lipinski definition) is 3. The fourth-order valence-electron chi connectivity index (χ4n) is 1.52. The molecule has 92 valence electrons. The highest BCUT2D eigenvalue weighted by atomic mass is 79.9. The molecule has 1 aromatic heterocycles. The molecule has 0 spiro atoms. The van der Waals surface area contributed by atoms with Crippen LogP contribution in [-0.2, 0) is 4.79 Å². The van der Waals surface area contributed by atoms with E-state index < -0.39 is 0 Å². The second-order valence-corrected chi connectivity index (χ2v) is 5.19. The van der Waals surface area contributed by atoms with Gasteiger partial charge in [0.15, 0.2) is 0 Å². The van der Waals surface area contributed by atoms with E-state index in [0.717, 1.165) is 28.7 Å². The van der Waals surface area contributed by atoms with Crippen molar-refractivity contribution in [1.29, 1.82) is 0 Å². The third-order valence-electron chi connectivity index (χ3n) is 2.64. The molecule has 1 aromatic rings. The molecule has 0 aliphatic heterocycles. The number of nitrogens with one attached hydrogen (secondary N) is 2. The van der Waals surface area contributed by atoms with E-state index >= 15 is 0 Å². The number of nitrogens with zero attached hydrogens (tertiary/aromatic N) is 1. The van der Waals surface area contributed by atoms with Gasteiger partial charge >= 0.3 is 0 Å². The van der Waals surface area contributed by atoms with Crippen LogP contribution in [0.2, 0.25) is 0 Å². The van der Waals surface area contributed by atoms with E-state index in [-0.39, 0.29) is 11.8 Å². The number of carbonyl (C=O) groups is 1. The largest absolute Gasteiger partial charge is 0.367 e. The maximum atomic E-state index is 11.4. The molecule has 2 rings (SSSR count). The number of amides is 1. The molecule has 0 atom stereocenters.